The number of quaternary nitrogens is 1. The summed E-state index contributed by atoms with van der Waals surface area (Å²) in [6, 6.07) is 11.8. The van der Waals surface area contributed by atoms with Crippen molar-refractivity contribution in [2.45, 2.75) is 33.2 Å². The van der Waals surface area contributed by atoms with Gasteiger partial charge in [0.1, 0.15) is 5.76 Å². The van der Waals surface area contributed by atoms with Crippen molar-refractivity contribution in [2.24, 2.45) is 0 Å². The Balaban J connectivity index is 1.91. The zero-order chi connectivity index (χ0) is 21.0. The molecule has 154 valence electrons. The number of nitrogens with zero attached hydrogens (tertiary/aromatic N) is 1. The summed E-state index contributed by atoms with van der Waals surface area (Å²) in [7, 11) is 0. The van der Waals surface area contributed by atoms with Crippen LogP contribution in [0.3, 0.4) is 0 Å². The molecule has 2 aromatic rings. The maximum atomic E-state index is 13.1. The second kappa shape index (κ2) is 9.09. The summed E-state index contributed by atoms with van der Waals surface area (Å²) in [4.78, 5) is 28.9. The van der Waals surface area contributed by atoms with E-state index < -0.39 is 23.5 Å². The first-order chi connectivity index (χ1) is 14.0. The summed E-state index contributed by atoms with van der Waals surface area (Å²) in [6.07, 6.45) is 0.765. The molecule has 0 bridgehead atoms. The Labute approximate surface area is 171 Å². The normalized spacial score (nSPS) is 16.9. The van der Waals surface area contributed by atoms with Crippen LogP contribution >= 0.6 is 0 Å². The summed E-state index contributed by atoms with van der Waals surface area (Å²) in [5, 5.41) is 12.8. The molecule has 0 spiro atoms. The van der Waals surface area contributed by atoms with Crippen molar-refractivity contribution in [3.05, 3.63) is 70.9 Å². The molecule has 1 atom stereocenters. The summed E-state index contributed by atoms with van der Waals surface area (Å²) in [6.45, 7) is 9.37. The molecule has 1 N–H and O–H groups in total. The maximum Gasteiger partial charge on any atom is 0.239 e. The van der Waals surface area contributed by atoms with Gasteiger partial charge in [-0.3, -0.25) is 9.59 Å². The fourth-order valence-corrected chi connectivity index (χ4v) is 3.88. The number of carbonyl (C=O) groups is 2. The van der Waals surface area contributed by atoms with E-state index in [-0.39, 0.29) is 11.3 Å². The van der Waals surface area contributed by atoms with Crippen molar-refractivity contribution in [3.63, 3.8) is 0 Å². The molecule has 1 amide bonds. The van der Waals surface area contributed by atoms with Crippen LogP contribution in [0.1, 0.15) is 48.2 Å². The van der Waals surface area contributed by atoms with Crippen LogP contribution in [0, 0.1) is 6.92 Å². The fourth-order valence-electron chi connectivity index (χ4n) is 3.88. The van der Waals surface area contributed by atoms with E-state index in [0.717, 1.165) is 31.6 Å². The van der Waals surface area contributed by atoms with Crippen molar-refractivity contribution in [3.8, 4) is 0 Å². The summed E-state index contributed by atoms with van der Waals surface area (Å²) < 4.78 is 5.45. The first-order valence-corrected chi connectivity index (χ1v) is 10.2. The Hall–Kier alpha value is -2.86. The van der Waals surface area contributed by atoms with Gasteiger partial charge in [0, 0.05) is 18.5 Å². The third kappa shape index (κ3) is 4.27. The molecule has 2 heterocycles. The quantitative estimate of drug-likeness (QED) is 0.648. The van der Waals surface area contributed by atoms with Crippen molar-refractivity contribution in [1.29, 1.82) is 0 Å². The Kier molecular flexibility index (Phi) is 6.54. The molecule has 0 aliphatic carbocycles. The molecule has 1 aliphatic heterocycles. The zero-order valence-corrected chi connectivity index (χ0v) is 17.2. The van der Waals surface area contributed by atoms with Gasteiger partial charge in [-0.2, -0.15) is 0 Å². The van der Waals surface area contributed by atoms with E-state index in [1.54, 1.807) is 24.0 Å². The highest BCUT2D eigenvalue weighted by Gasteiger charge is 2.40. The van der Waals surface area contributed by atoms with Crippen LogP contribution in [0.5, 0.6) is 0 Å². The molecule has 1 aromatic carbocycles. The third-order valence-electron chi connectivity index (χ3n) is 5.54. The molecule has 0 radical (unpaired) electrons. The van der Waals surface area contributed by atoms with E-state index in [4.69, 9.17) is 4.42 Å². The van der Waals surface area contributed by atoms with Crippen molar-refractivity contribution >= 4 is 11.7 Å². The maximum absolute atomic E-state index is 13.1. The molecular formula is C23H28N2O4. The van der Waals surface area contributed by atoms with Crippen LogP contribution < -0.4 is 10.0 Å². The van der Waals surface area contributed by atoms with Gasteiger partial charge in [-0.15, -0.1) is 0 Å². The van der Waals surface area contributed by atoms with Crippen LogP contribution in [0.25, 0.3) is 0 Å². The lowest BCUT2D eigenvalue weighted by molar-refractivity contribution is -0.896. The molecule has 29 heavy (non-hydrogen) atoms. The fraction of sp³-hybridized carbons (Fsp3) is 0.391. The summed E-state index contributed by atoms with van der Waals surface area (Å²) >= 11 is 0. The highest BCUT2D eigenvalue weighted by atomic mass is 16.3. The Morgan fingerprint density at radius 3 is 2.41 bits per heavy atom. The lowest BCUT2D eigenvalue weighted by Gasteiger charge is -2.28. The van der Waals surface area contributed by atoms with Gasteiger partial charge < -0.3 is 19.3 Å². The molecule has 1 unspecified atom stereocenters. The van der Waals surface area contributed by atoms with Gasteiger partial charge in [-0.1, -0.05) is 30.3 Å². The predicted octanol–water partition coefficient (Wildman–Crippen LogP) is 1.28. The molecule has 0 saturated carbocycles. The van der Waals surface area contributed by atoms with Crippen LogP contribution in [-0.2, 0) is 4.79 Å². The number of ketones is 1. The average molecular weight is 396 g/mol. The monoisotopic (exact) mass is 396 g/mol. The number of furan rings is 1. The van der Waals surface area contributed by atoms with Gasteiger partial charge in [0.05, 0.1) is 25.7 Å². The second-order valence-electron chi connectivity index (χ2n) is 7.35. The average Bonchev–Trinajstić information content (AvgIpc) is 3.28. The first kappa shape index (κ1) is 20.9. The van der Waals surface area contributed by atoms with E-state index in [0.29, 0.717) is 12.3 Å². The number of hydrogen-bond donors (Lipinski definition) is 1. The minimum absolute atomic E-state index is 0.0225. The minimum atomic E-state index is -0.729. The molecule has 0 saturated heterocycles. The molecule has 3 rings (SSSR count). The number of Topliss-reactive ketones (excluding diaryl/α,β-unsaturated/α-hetero) is 1. The van der Waals surface area contributed by atoms with Crippen LogP contribution in [0.4, 0.5) is 0 Å². The molecule has 6 heteroatoms. The van der Waals surface area contributed by atoms with Crippen LogP contribution in [-0.4, -0.2) is 42.8 Å². The number of amides is 1. The largest absolute Gasteiger partial charge is 0.868 e. The smallest absolute Gasteiger partial charge is 0.239 e. The Morgan fingerprint density at radius 2 is 1.83 bits per heavy atom. The van der Waals surface area contributed by atoms with Crippen molar-refractivity contribution in [2.75, 3.05) is 26.2 Å². The number of carbonyl (C=O) groups excluding carboxylic acids is 2. The van der Waals surface area contributed by atoms with E-state index in [1.165, 1.54) is 4.90 Å². The Morgan fingerprint density at radius 1 is 1.14 bits per heavy atom. The van der Waals surface area contributed by atoms with Crippen molar-refractivity contribution in [1.82, 2.24) is 4.90 Å². The van der Waals surface area contributed by atoms with Gasteiger partial charge in [0.25, 0.3) is 0 Å². The van der Waals surface area contributed by atoms with E-state index >= 15 is 0 Å². The topological polar surface area (TPSA) is 78.0 Å². The lowest BCUT2D eigenvalue weighted by atomic mass is 9.95. The molecule has 1 aliphatic rings. The van der Waals surface area contributed by atoms with Gasteiger partial charge in [0.15, 0.2) is 5.76 Å². The third-order valence-corrected chi connectivity index (χ3v) is 5.54. The van der Waals surface area contributed by atoms with Gasteiger partial charge in [-0.05, 0) is 44.2 Å². The SMILES string of the molecule is CC[NH+](CC)CCCN1C(=O)C([O-])=C(C(=O)c2ccc(C)o2)C1c1ccccc1. The molecule has 0 fully saturated rings. The van der Waals surface area contributed by atoms with Crippen LogP contribution in [0.2, 0.25) is 0 Å². The predicted molar refractivity (Wildman–Crippen MR) is 107 cm³/mol. The number of hydrogen-bond acceptors (Lipinski definition) is 4. The lowest BCUT2D eigenvalue weighted by Crippen LogP contribution is -3.11. The van der Waals surface area contributed by atoms with E-state index in [2.05, 4.69) is 13.8 Å². The Bertz CT molecular complexity index is 897. The number of aryl methyl sites for hydroxylation is 1. The zero-order valence-electron chi connectivity index (χ0n) is 17.2. The van der Waals surface area contributed by atoms with E-state index in [9.17, 15) is 14.7 Å². The van der Waals surface area contributed by atoms with Crippen molar-refractivity contribution < 1.29 is 24.0 Å². The van der Waals surface area contributed by atoms with E-state index in [1.807, 2.05) is 30.3 Å². The molecular weight excluding hydrogens is 368 g/mol. The standard InChI is InChI=1S/C23H28N2O4/c1-4-24(5-2)14-9-15-25-20(17-10-7-6-8-11-17)19(22(27)23(25)28)21(26)18-13-12-16(3)29-18/h6-8,10-13,20,27H,4-5,9,14-15H2,1-3H3. The summed E-state index contributed by atoms with van der Waals surface area (Å²) in [5.41, 5.74) is 0.735. The van der Waals surface area contributed by atoms with Gasteiger partial charge >= 0.3 is 0 Å². The number of rotatable bonds is 9. The van der Waals surface area contributed by atoms with Gasteiger partial charge in [0.2, 0.25) is 11.7 Å². The highest BCUT2D eigenvalue weighted by Crippen LogP contribution is 2.38. The highest BCUT2D eigenvalue weighted by molar-refractivity contribution is 6.14. The molecule has 1 aromatic heterocycles. The van der Waals surface area contributed by atoms with Gasteiger partial charge in [-0.25, -0.2) is 0 Å². The minimum Gasteiger partial charge on any atom is -0.868 e. The number of nitrogens with one attached hydrogen (secondary N) is 1. The summed E-state index contributed by atoms with van der Waals surface area (Å²) in [5.74, 6) is -1.18. The number of benzene rings is 1. The molecule has 6 nitrogen and oxygen atoms in total. The second-order valence-corrected chi connectivity index (χ2v) is 7.35. The van der Waals surface area contributed by atoms with Crippen LogP contribution in [0.15, 0.2) is 58.2 Å². The first-order valence-electron chi connectivity index (χ1n) is 10.2.